The molecule has 1 atom stereocenters. The Morgan fingerprint density at radius 1 is 1.42 bits per heavy atom. The van der Waals surface area contributed by atoms with E-state index in [9.17, 15) is 9.90 Å². The van der Waals surface area contributed by atoms with Crippen molar-refractivity contribution in [2.75, 3.05) is 18.0 Å². The average molecular weight is 265 g/mol. The largest absolute Gasteiger partial charge is 0.389 e. The number of nitrogens with zero attached hydrogens (tertiary/aromatic N) is 2. The van der Waals surface area contributed by atoms with E-state index in [2.05, 4.69) is 10.3 Å². The number of carbonyl (C=O) groups is 1. The predicted octanol–water partition coefficient (Wildman–Crippen LogP) is 1.49. The third-order valence-corrected chi connectivity index (χ3v) is 2.74. The van der Waals surface area contributed by atoms with E-state index in [1.54, 1.807) is 13.1 Å². The number of anilines is 1. The molecule has 0 spiro atoms. The summed E-state index contributed by atoms with van der Waals surface area (Å²) >= 11 is 0. The number of rotatable bonds is 6. The van der Waals surface area contributed by atoms with Crippen LogP contribution in [0.4, 0.5) is 5.82 Å². The normalized spacial score (nSPS) is 12.3. The van der Waals surface area contributed by atoms with Crippen molar-refractivity contribution >= 4 is 11.7 Å². The molecule has 0 aliphatic heterocycles. The second-order valence-corrected chi connectivity index (χ2v) is 4.86. The van der Waals surface area contributed by atoms with E-state index in [1.165, 1.54) is 0 Å². The van der Waals surface area contributed by atoms with Crippen LogP contribution in [-0.2, 0) is 4.79 Å². The van der Waals surface area contributed by atoms with Gasteiger partial charge >= 0.3 is 0 Å². The number of hydrogen-bond donors (Lipinski definition) is 2. The van der Waals surface area contributed by atoms with Crippen LogP contribution in [0.3, 0.4) is 0 Å². The van der Waals surface area contributed by atoms with E-state index in [-0.39, 0.29) is 18.5 Å². The highest BCUT2D eigenvalue weighted by molar-refractivity contribution is 5.81. The van der Waals surface area contributed by atoms with Crippen LogP contribution >= 0.6 is 0 Å². The number of aromatic nitrogens is 1. The lowest BCUT2D eigenvalue weighted by Crippen LogP contribution is -2.40. The van der Waals surface area contributed by atoms with Gasteiger partial charge in [-0.1, -0.05) is 6.07 Å². The van der Waals surface area contributed by atoms with Crippen LogP contribution in [-0.4, -0.2) is 35.1 Å². The average Bonchev–Trinajstić information content (AvgIpc) is 2.35. The SMILES string of the molecule is CCN(CC(=O)NC(C)C)c1ccc(C(C)O)cn1. The van der Waals surface area contributed by atoms with Crippen molar-refractivity contribution in [2.24, 2.45) is 0 Å². The molecule has 0 aliphatic carbocycles. The van der Waals surface area contributed by atoms with Gasteiger partial charge in [-0.15, -0.1) is 0 Å². The van der Waals surface area contributed by atoms with Gasteiger partial charge in [-0.25, -0.2) is 4.98 Å². The molecule has 0 saturated carbocycles. The van der Waals surface area contributed by atoms with Crippen LogP contribution in [0.25, 0.3) is 0 Å². The van der Waals surface area contributed by atoms with Crippen LogP contribution in [0.5, 0.6) is 0 Å². The molecular formula is C14H23N3O2. The number of likely N-dealkylation sites (N-methyl/N-ethyl adjacent to an activating group) is 1. The Hall–Kier alpha value is -1.62. The zero-order chi connectivity index (χ0) is 14.4. The Kier molecular flexibility index (Phi) is 5.76. The molecule has 19 heavy (non-hydrogen) atoms. The molecule has 106 valence electrons. The Labute approximate surface area is 114 Å². The summed E-state index contributed by atoms with van der Waals surface area (Å²) in [5.41, 5.74) is 0.770. The molecule has 1 heterocycles. The first-order valence-corrected chi connectivity index (χ1v) is 6.62. The molecule has 0 bridgehead atoms. The van der Waals surface area contributed by atoms with Crippen LogP contribution in [0.2, 0.25) is 0 Å². The van der Waals surface area contributed by atoms with Crippen molar-refractivity contribution in [1.82, 2.24) is 10.3 Å². The molecule has 1 aromatic rings. The Morgan fingerprint density at radius 3 is 2.53 bits per heavy atom. The van der Waals surface area contributed by atoms with Gasteiger partial charge in [0.1, 0.15) is 5.82 Å². The summed E-state index contributed by atoms with van der Waals surface area (Å²) in [5.74, 6) is 0.726. The van der Waals surface area contributed by atoms with Crippen LogP contribution in [0.15, 0.2) is 18.3 Å². The Balaban J connectivity index is 2.71. The van der Waals surface area contributed by atoms with Gasteiger partial charge < -0.3 is 15.3 Å². The summed E-state index contributed by atoms with van der Waals surface area (Å²) in [6.45, 7) is 8.53. The first kappa shape index (κ1) is 15.4. The molecule has 0 aliphatic rings. The summed E-state index contributed by atoms with van der Waals surface area (Å²) in [6, 6.07) is 3.79. The van der Waals surface area contributed by atoms with Gasteiger partial charge in [0.25, 0.3) is 0 Å². The molecular weight excluding hydrogens is 242 g/mol. The first-order chi connectivity index (χ1) is 8.93. The highest BCUT2D eigenvalue weighted by Crippen LogP contribution is 2.15. The predicted molar refractivity (Wildman–Crippen MR) is 76.0 cm³/mol. The summed E-state index contributed by atoms with van der Waals surface area (Å²) in [6.07, 6.45) is 1.11. The number of aliphatic hydroxyl groups excluding tert-OH is 1. The van der Waals surface area contributed by atoms with E-state index >= 15 is 0 Å². The topological polar surface area (TPSA) is 65.5 Å². The number of pyridine rings is 1. The van der Waals surface area contributed by atoms with E-state index < -0.39 is 6.10 Å². The molecule has 0 radical (unpaired) electrons. The Bertz CT molecular complexity index is 402. The van der Waals surface area contributed by atoms with Crippen molar-refractivity contribution in [3.05, 3.63) is 23.9 Å². The van der Waals surface area contributed by atoms with Crippen molar-refractivity contribution in [3.63, 3.8) is 0 Å². The maximum atomic E-state index is 11.8. The fourth-order valence-electron chi connectivity index (χ4n) is 1.73. The Morgan fingerprint density at radius 2 is 2.11 bits per heavy atom. The van der Waals surface area contributed by atoms with Gasteiger partial charge in [0.2, 0.25) is 5.91 Å². The van der Waals surface area contributed by atoms with Gasteiger partial charge in [0.05, 0.1) is 12.6 Å². The van der Waals surface area contributed by atoms with Crippen LogP contribution < -0.4 is 10.2 Å². The summed E-state index contributed by atoms with van der Waals surface area (Å²) in [4.78, 5) is 17.9. The molecule has 5 nitrogen and oxygen atoms in total. The van der Waals surface area contributed by atoms with E-state index in [0.717, 1.165) is 11.4 Å². The van der Waals surface area contributed by atoms with Gasteiger partial charge in [-0.2, -0.15) is 0 Å². The summed E-state index contributed by atoms with van der Waals surface area (Å²) < 4.78 is 0. The maximum absolute atomic E-state index is 11.8. The minimum atomic E-state index is -0.527. The summed E-state index contributed by atoms with van der Waals surface area (Å²) in [5, 5.41) is 12.3. The minimum Gasteiger partial charge on any atom is -0.389 e. The quantitative estimate of drug-likeness (QED) is 0.818. The molecule has 1 aromatic heterocycles. The second-order valence-electron chi connectivity index (χ2n) is 4.86. The monoisotopic (exact) mass is 265 g/mol. The van der Waals surface area contributed by atoms with E-state index in [4.69, 9.17) is 0 Å². The summed E-state index contributed by atoms with van der Waals surface area (Å²) in [7, 11) is 0. The van der Waals surface area contributed by atoms with Crippen molar-refractivity contribution in [1.29, 1.82) is 0 Å². The number of aliphatic hydroxyl groups is 1. The molecule has 1 rings (SSSR count). The van der Waals surface area contributed by atoms with Crippen LogP contribution in [0, 0.1) is 0 Å². The number of nitrogens with one attached hydrogen (secondary N) is 1. The van der Waals surface area contributed by atoms with Gasteiger partial charge in [-0.3, -0.25) is 4.79 Å². The molecule has 1 amide bonds. The first-order valence-electron chi connectivity index (χ1n) is 6.62. The van der Waals surface area contributed by atoms with Crippen molar-refractivity contribution in [2.45, 2.75) is 39.8 Å². The smallest absolute Gasteiger partial charge is 0.239 e. The molecule has 0 saturated heterocycles. The lowest BCUT2D eigenvalue weighted by Gasteiger charge is -2.22. The fourth-order valence-corrected chi connectivity index (χ4v) is 1.73. The lowest BCUT2D eigenvalue weighted by molar-refractivity contribution is -0.120. The molecule has 5 heteroatoms. The zero-order valence-corrected chi connectivity index (χ0v) is 12.1. The van der Waals surface area contributed by atoms with Crippen LogP contribution in [0.1, 0.15) is 39.4 Å². The van der Waals surface area contributed by atoms with Gasteiger partial charge in [-0.05, 0) is 39.3 Å². The number of hydrogen-bond acceptors (Lipinski definition) is 4. The molecule has 2 N–H and O–H groups in total. The third kappa shape index (κ3) is 4.87. The van der Waals surface area contributed by atoms with Gasteiger partial charge in [0.15, 0.2) is 0 Å². The molecule has 0 fully saturated rings. The third-order valence-electron chi connectivity index (χ3n) is 2.74. The molecule has 0 aromatic carbocycles. The highest BCUT2D eigenvalue weighted by Gasteiger charge is 2.12. The van der Waals surface area contributed by atoms with Crippen molar-refractivity contribution < 1.29 is 9.90 Å². The maximum Gasteiger partial charge on any atom is 0.239 e. The van der Waals surface area contributed by atoms with E-state index in [1.807, 2.05) is 37.8 Å². The lowest BCUT2D eigenvalue weighted by atomic mass is 10.2. The standard InChI is InChI=1S/C14H23N3O2/c1-5-17(9-14(19)16-10(2)3)13-7-6-12(8-15-13)11(4)18/h6-8,10-11,18H,5,9H2,1-4H3,(H,16,19). The van der Waals surface area contributed by atoms with Crippen molar-refractivity contribution in [3.8, 4) is 0 Å². The number of carbonyl (C=O) groups excluding carboxylic acids is 1. The fraction of sp³-hybridized carbons (Fsp3) is 0.571. The highest BCUT2D eigenvalue weighted by atomic mass is 16.3. The van der Waals surface area contributed by atoms with Gasteiger partial charge in [0, 0.05) is 18.8 Å². The second kappa shape index (κ2) is 7.09. The van der Waals surface area contributed by atoms with E-state index in [0.29, 0.717) is 6.54 Å². The molecule has 1 unspecified atom stereocenters. The number of amides is 1. The minimum absolute atomic E-state index is 0.0155. The zero-order valence-electron chi connectivity index (χ0n) is 12.1.